The van der Waals surface area contributed by atoms with Crippen molar-refractivity contribution >= 4 is 5.91 Å². The van der Waals surface area contributed by atoms with Gasteiger partial charge >= 0.3 is 0 Å². The second kappa shape index (κ2) is 8.04. The summed E-state index contributed by atoms with van der Waals surface area (Å²) in [7, 11) is 0. The summed E-state index contributed by atoms with van der Waals surface area (Å²) in [4.78, 5) is 20.1. The Bertz CT molecular complexity index is 815. The largest absolute Gasteiger partial charge is 0.494 e. The second-order valence-corrected chi connectivity index (χ2v) is 5.16. The zero-order chi connectivity index (χ0) is 17.5. The minimum atomic E-state index is -0.106. The molecule has 0 atom stereocenters. The van der Waals surface area contributed by atoms with Crippen LogP contribution in [0.5, 0.6) is 5.75 Å². The highest BCUT2D eigenvalue weighted by Gasteiger charge is 2.12. The van der Waals surface area contributed by atoms with Crippen LogP contribution in [0.2, 0.25) is 0 Å². The van der Waals surface area contributed by atoms with Gasteiger partial charge in [-0.15, -0.1) is 0 Å². The Kier molecular flexibility index (Phi) is 5.35. The molecule has 130 valence electrons. The van der Waals surface area contributed by atoms with Gasteiger partial charge < -0.3 is 14.6 Å². The molecular formula is C16H18N6O3. The topological polar surface area (TPSA) is 119 Å². The maximum absolute atomic E-state index is 12.0. The maximum atomic E-state index is 12.0. The quantitative estimate of drug-likeness (QED) is 0.636. The monoisotopic (exact) mass is 342 g/mol. The number of ether oxygens (including phenoxy) is 1. The summed E-state index contributed by atoms with van der Waals surface area (Å²) in [6.45, 7) is 2.91. The molecule has 3 aromatic rings. The van der Waals surface area contributed by atoms with Gasteiger partial charge in [-0.05, 0) is 13.0 Å². The van der Waals surface area contributed by atoms with Crippen molar-refractivity contribution in [2.45, 2.75) is 26.3 Å². The Labute approximate surface area is 143 Å². The summed E-state index contributed by atoms with van der Waals surface area (Å²) in [5, 5.41) is 13.0. The number of nitrogens with one attached hydrogen (secondary N) is 2. The number of amides is 1. The van der Waals surface area contributed by atoms with Crippen LogP contribution in [0.1, 0.15) is 24.8 Å². The first-order valence-corrected chi connectivity index (χ1v) is 7.92. The van der Waals surface area contributed by atoms with E-state index in [0.717, 1.165) is 11.3 Å². The van der Waals surface area contributed by atoms with Crippen molar-refractivity contribution in [1.82, 2.24) is 30.6 Å². The lowest BCUT2D eigenvalue weighted by Gasteiger charge is -2.10. The molecule has 0 aliphatic carbocycles. The Morgan fingerprint density at radius 3 is 3.04 bits per heavy atom. The number of para-hydroxylation sites is 1. The Hall–Kier alpha value is -3.23. The number of aromatic amines is 1. The average molecular weight is 342 g/mol. The van der Waals surface area contributed by atoms with Crippen molar-refractivity contribution in [1.29, 1.82) is 0 Å². The van der Waals surface area contributed by atoms with Crippen LogP contribution in [0.3, 0.4) is 0 Å². The van der Waals surface area contributed by atoms with Crippen LogP contribution in [0.15, 0.2) is 35.1 Å². The molecule has 2 heterocycles. The van der Waals surface area contributed by atoms with E-state index in [1.807, 2.05) is 31.2 Å². The van der Waals surface area contributed by atoms with Crippen LogP contribution in [0, 0.1) is 0 Å². The summed E-state index contributed by atoms with van der Waals surface area (Å²) < 4.78 is 10.6. The van der Waals surface area contributed by atoms with E-state index in [4.69, 9.17) is 9.26 Å². The molecule has 0 aliphatic heterocycles. The SMILES string of the molecule is CCOc1ccccc1CNC(=O)CCc1nc(-c2ncn[nH]2)no1. The maximum Gasteiger partial charge on any atom is 0.239 e. The summed E-state index contributed by atoms with van der Waals surface area (Å²) in [6, 6.07) is 7.62. The van der Waals surface area contributed by atoms with Crippen LogP contribution >= 0.6 is 0 Å². The molecule has 25 heavy (non-hydrogen) atoms. The molecule has 0 unspecified atom stereocenters. The molecule has 9 heteroatoms. The molecule has 3 rings (SSSR count). The highest BCUT2D eigenvalue weighted by molar-refractivity contribution is 5.76. The van der Waals surface area contributed by atoms with E-state index in [1.54, 1.807) is 0 Å². The van der Waals surface area contributed by atoms with E-state index in [0.29, 0.717) is 37.1 Å². The third-order valence-corrected chi connectivity index (χ3v) is 3.41. The predicted octanol–water partition coefficient (Wildman–Crippen LogP) is 1.50. The van der Waals surface area contributed by atoms with Gasteiger partial charge in [0, 0.05) is 24.9 Å². The molecule has 1 aromatic carbocycles. The molecule has 0 aliphatic rings. The van der Waals surface area contributed by atoms with Crippen LogP contribution < -0.4 is 10.1 Å². The van der Waals surface area contributed by atoms with Gasteiger partial charge in [0.25, 0.3) is 0 Å². The summed E-state index contributed by atoms with van der Waals surface area (Å²) in [5.74, 6) is 1.78. The molecule has 0 bridgehead atoms. The van der Waals surface area contributed by atoms with Crippen LogP contribution in [0.25, 0.3) is 11.6 Å². The highest BCUT2D eigenvalue weighted by Crippen LogP contribution is 2.17. The number of aryl methyl sites for hydroxylation is 1. The normalized spacial score (nSPS) is 10.6. The Morgan fingerprint density at radius 2 is 2.24 bits per heavy atom. The van der Waals surface area contributed by atoms with Gasteiger partial charge in [-0.25, -0.2) is 4.98 Å². The molecule has 0 saturated heterocycles. The van der Waals surface area contributed by atoms with E-state index < -0.39 is 0 Å². The molecule has 2 aromatic heterocycles. The fourth-order valence-corrected chi connectivity index (χ4v) is 2.21. The minimum Gasteiger partial charge on any atom is -0.494 e. The standard InChI is InChI=1S/C16H18N6O3/c1-2-24-12-6-4-3-5-11(12)9-17-13(23)7-8-14-20-16(22-25-14)15-18-10-19-21-15/h3-6,10H,2,7-9H2,1H3,(H,17,23)(H,18,19,21). The third kappa shape index (κ3) is 4.40. The second-order valence-electron chi connectivity index (χ2n) is 5.16. The number of carbonyl (C=O) groups is 1. The van der Waals surface area contributed by atoms with Gasteiger partial charge in [0.2, 0.25) is 17.6 Å². The summed E-state index contributed by atoms with van der Waals surface area (Å²) in [5.41, 5.74) is 0.933. The average Bonchev–Trinajstić information content (AvgIpc) is 3.31. The van der Waals surface area contributed by atoms with Gasteiger partial charge in [-0.3, -0.25) is 9.89 Å². The number of benzene rings is 1. The van der Waals surface area contributed by atoms with E-state index in [2.05, 4.69) is 30.6 Å². The fourth-order valence-electron chi connectivity index (χ4n) is 2.21. The number of rotatable bonds is 8. The minimum absolute atomic E-state index is 0.106. The molecule has 0 fully saturated rings. The van der Waals surface area contributed by atoms with E-state index in [1.165, 1.54) is 6.33 Å². The van der Waals surface area contributed by atoms with Crippen molar-refractivity contribution in [3.8, 4) is 17.4 Å². The zero-order valence-electron chi connectivity index (χ0n) is 13.7. The Balaban J connectivity index is 1.49. The molecule has 0 radical (unpaired) electrons. The van der Waals surface area contributed by atoms with Gasteiger partial charge in [0.1, 0.15) is 12.1 Å². The van der Waals surface area contributed by atoms with Crippen molar-refractivity contribution in [3.05, 3.63) is 42.0 Å². The number of nitrogens with zero attached hydrogens (tertiary/aromatic N) is 4. The van der Waals surface area contributed by atoms with Crippen LogP contribution in [-0.2, 0) is 17.8 Å². The summed E-state index contributed by atoms with van der Waals surface area (Å²) >= 11 is 0. The lowest BCUT2D eigenvalue weighted by Crippen LogP contribution is -2.23. The molecule has 0 spiro atoms. The van der Waals surface area contributed by atoms with Gasteiger partial charge in [0.05, 0.1) is 6.61 Å². The zero-order valence-corrected chi connectivity index (χ0v) is 13.7. The van der Waals surface area contributed by atoms with Crippen molar-refractivity contribution < 1.29 is 14.1 Å². The number of H-pyrrole nitrogens is 1. The number of aromatic nitrogens is 5. The van der Waals surface area contributed by atoms with Gasteiger partial charge in [-0.2, -0.15) is 10.1 Å². The van der Waals surface area contributed by atoms with Crippen molar-refractivity contribution in [2.75, 3.05) is 6.61 Å². The van der Waals surface area contributed by atoms with Crippen molar-refractivity contribution in [3.63, 3.8) is 0 Å². The van der Waals surface area contributed by atoms with Gasteiger partial charge in [-0.1, -0.05) is 23.4 Å². The van der Waals surface area contributed by atoms with Crippen LogP contribution in [-0.4, -0.2) is 37.8 Å². The van der Waals surface area contributed by atoms with E-state index in [-0.39, 0.29) is 12.3 Å². The van der Waals surface area contributed by atoms with Crippen molar-refractivity contribution in [2.24, 2.45) is 0 Å². The Morgan fingerprint density at radius 1 is 1.36 bits per heavy atom. The third-order valence-electron chi connectivity index (χ3n) is 3.41. The first kappa shape index (κ1) is 16.6. The number of hydrogen-bond acceptors (Lipinski definition) is 7. The molecule has 1 amide bonds. The molecule has 9 nitrogen and oxygen atoms in total. The summed E-state index contributed by atoms with van der Waals surface area (Å²) in [6.07, 6.45) is 1.95. The first-order chi connectivity index (χ1) is 12.3. The number of carbonyl (C=O) groups excluding carboxylic acids is 1. The molecular weight excluding hydrogens is 324 g/mol. The highest BCUT2D eigenvalue weighted by atomic mass is 16.5. The fraction of sp³-hybridized carbons (Fsp3) is 0.312. The number of hydrogen-bond donors (Lipinski definition) is 2. The van der Waals surface area contributed by atoms with Gasteiger partial charge in [0.15, 0.2) is 5.82 Å². The van der Waals surface area contributed by atoms with E-state index in [9.17, 15) is 4.79 Å². The lowest BCUT2D eigenvalue weighted by atomic mass is 10.2. The van der Waals surface area contributed by atoms with E-state index >= 15 is 0 Å². The predicted molar refractivity (Wildman–Crippen MR) is 87.5 cm³/mol. The smallest absolute Gasteiger partial charge is 0.239 e. The molecule has 2 N–H and O–H groups in total. The first-order valence-electron chi connectivity index (χ1n) is 7.92. The van der Waals surface area contributed by atoms with Crippen LogP contribution in [0.4, 0.5) is 0 Å². The molecule has 0 saturated carbocycles. The lowest BCUT2D eigenvalue weighted by molar-refractivity contribution is -0.121.